The molecule has 1 saturated heterocycles. The zero-order valence-corrected chi connectivity index (χ0v) is 13.0. The highest BCUT2D eigenvalue weighted by Crippen LogP contribution is 2.18. The summed E-state index contributed by atoms with van der Waals surface area (Å²) in [6, 6.07) is 1.91. The molecule has 2 heterocycles. The molecule has 0 radical (unpaired) electrons. The zero-order chi connectivity index (χ0) is 16.1. The predicted molar refractivity (Wildman–Crippen MR) is 81.6 cm³/mol. The van der Waals surface area contributed by atoms with Crippen molar-refractivity contribution in [3.8, 4) is 0 Å². The van der Waals surface area contributed by atoms with Crippen molar-refractivity contribution in [2.45, 2.75) is 39.2 Å². The van der Waals surface area contributed by atoms with Gasteiger partial charge in [-0.3, -0.25) is 9.59 Å². The number of nitrogens with zero attached hydrogens (tertiary/aromatic N) is 3. The number of anilines is 1. The molecule has 1 amide bonds. The first-order chi connectivity index (χ1) is 10.5. The fourth-order valence-corrected chi connectivity index (χ4v) is 2.49. The zero-order valence-electron chi connectivity index (χ0n) is 13.0. The lowest BCUT2D eigenvalue weighted by atomic mass is 10.0. The predicted octanol–water partition coefficient (Wildman–Crippen LogP) is 0.845. The molecule has 0 bridgehead atoms. The summed E-state index contributed by atoms with van der Waals surface area (Å²) in [4.78, 5) is 33.3. The van der Waals surface area contributed by atoms with E-state index in [1.807, 2.05) is 13.0 Å². The summed E-state index contributed by atoms with van der Waals surface area (Å²) in [5.41, 5.74) is 0.982. The van der Waals surface area contributed by atoms with E-state index in [0.717, 1.165) is 37.3 Å². The van der Waals surface area contributed by atoms with Gasteiger partial charge in [0.05, 0.1) is 0 Å². The Morgan fingerprint density at radius 3 is 2.95 bits per heavy atom. The van der Waals surface area contributed by atoms with Crippen LogP contribution < -0.4 is 10.2 Å². The number of carboxylic acid groups (broad SMARTS) is 1. The highest BCUT2D eigenvalue weighted by Gasteiger charge is 2.26. The van der Waals surface area contributed by atoms with Crippen LogP contribution in [0.5, 0.6) is 0 Å². The molecule has 7 heteroatoms. The van der Waals surface area contributed by atoms with Gasteiger partial charge in [0.2, 0.25) is 5.91 Å². The van der Waals surface area contributed by atoms with Gasteiger partial charge in [-0.25, -0.2) is 9.97 Å². The van der Waals surface area contributed by atoms with Crippen LogP contribution in [0.2, 0.25) is 0 Å². The molecule has 2 rings (SSSR count). The second-order valence-corrected chi connectivity index (χ2v) is 5.57. The number of aliphatic carboxylic acids is 1. The maximum Gasteiger partial charge on any atom is 0.315 e. The number of hydrogen-bond acceptors (Lipinski definition) is 5. The lowest BCUT2D eigenvalue weighted by Gasteiger charge is -2.34. The molecule has 1 aliphatic heterocycles. The van der Waals surface area contributed by atoms with Gasteiger partial charge < -0.3 is 15.3 Å². The topological polar surface area (TPSA) is 95.4 Å². The Labute approximate surface area is 129 Å². The first-order valence-electron chi connectivity index (χ1n) is 7.60. The van der Waals surface area contributed by atoms with Crippen LogP contribution in [0.1, 0.15) is 32.4 Å². The lowest BCUT2D eigenvalue weighted by molar-refractivity contribution is -0.146. The summed E-state index contributed by atoms with van der Waals surface area (Å²) in [7, 11) is 0. The quantitative estimate of drug-likeness (QED) is 0.783. The van der Waals surface area contributed by atoms with E-state index in [0.29, 0.717) is 6.54 Å². The maximum atomic E-state index is 11.9. The van der Waals surface area contributed by atoms with E-state index in [9.17, 15) is 9.59 Å². The van der Waals surface area contributed by atoms with Crippen molar-refractivity contribution in [2.75, 3.05) is 18.0 Å². The Kier molecular flexibility index (Phi) is 5.30. The number of rotatable bonds is 5. The van der Waals surface area contributed by atoms with Gasteiger partial charge in [0.1, 0.15) is 18.1 Å². The minimum Gasteiger partial charge on any atom is -0.481 e. The lowest BCUT2D eigenvalue weighted by Crippen LogP contribution is -2.50. The molecule has 0 spiro atoms. The van der Waals surface area contributed by atoms with Crippen LogP contribution in [-0.4, -0.2) is 46.1 Å². The van der Waals surface area contributed by atoms with E-state index < -0.39 is 17.8 Å². The van der Waals surface area contributed by atoms with E-state index in [2.05, 4.69) is 20.2 Å². The van der Waals surface area contributed by atoms with Crippen LogP contribution in [0.4, 0.5) is 5.82 Å². The number of carboxylic acids is 1. The third kappa shape index (κ3) is 3.93. The Balaban J connectivity index is 1.99. The van der Waals surface area contributed by atoms with Gasteiger partial charge in [-0.05, 0) is 26.2 Å². The molecule has 2 N–H and O–H groups in total. The molecular weight excluding hydrogens is 284 g/mol. The average molecular weight is 306 g/mol. The van der Waals surface area contributed by atoms with Gasteiger partial charge in [0.15, 0.2) is 0 Å². The molecule has 1 aromatic heterocycles. The molecule has 7 nitrogen and oxygen atoms in total. The number of piperidine rings is 1. The van der Waals surface area contributed by atoms with Crippen LogP contribution in [0, 0.1) is 5.92 Å². The van der Waals surface area contributed by atoms with Crippen LogP contribution >= 0.6 is 0 Å². The monoisotopic (exact) mass is 306 g/mol. The SMILES string of the molecule is CCc1cc(N2CCCC(NC(=O)C(C)C(=O)O)C2)ncn1. The average Bonchev–Trinajstić information content (AvgIpc) is 2.54. The second kappa shape index (κ2) is 7.20. The van der Waals surface area contributed by atoms with Gasteiger partial charge in [-0.1, -0.05) is 6.92 Å². The number of carbonyl (C=O) groups excluding carboxylic acids is 1. The Bertz CT molecular complexity index is 549. The number of aromatic nitrogens is 2. The van der Waals surface area contributed by atoms with Crippen molar-refractivity contribution in [2.24, 2.45) is 5.92 Å². The number of carbonyl (C=O) groups is 2. The maximum absolute atomic E-state index is 11.9. The molecule has 0 aromatic carbocycles. The van der Waals surface area contributed by atoms with Crippen LogP contribution in [0.3, 0.4) is 0 Å². The molecule has 1 aromatic rings. The molecule has 1 aliphatic rings. The normalized spacial score (nSPS) is 19.5. The fourth-order valence-electron chi connectivity index (χ4n) is 2.49. The van der Waals surface area contributed by atoms with Crippen molar-refractivity contribution < 1.29 is 14.7 Å². The van der Waals surface area contributed by atoms with E-state index in [-0.39, 0.29) is 6.04 Å². The first-order valence-corrected chi connectivity index (χ1v) is 7.60. The van der Waals surface area contributed by atoms with Crippen molar-refractivity contribution in [3.63, 3.8) is 0 Å². The number of nitrogens with one attached hydrogen (secondary N) is 1. The molecule has 2 unspecified atom stereocenters. The second-order valence-electron chi connectivity index (χ2n) is 5.57. The third-order valence-electron chi connectivity index (χ3n) is 3.93. The third-order valence-corrected chi connectivity index (χ3v) is 3.93. The Morgan fingerprint density at radius 1 is 1.50 bits per heavy atom. The van der Waals surface area contributed by atoms with Crippen LogP contribution in [0.15, 0.2) is 12.4 Å². The van der Waals surface area contributed by atoms with E-state index in [1.54, 1.807) is 6.33 Å². The van der Waals surface area contributed by atoms with E-state index >= 15 is 0 Å². The van der Waals surface area contributed by atoms with Crippen LogP contribution in [-0.2, 0) is 16.0 Å². The summed E-state index contributed by atoms with van der Waals surface area (Å²) in [6.07, 6.45) is 4.18. The minimum absolute atomic E-state index is 0.0527. The van der Waals surface area contributed by atoms with Gasteiger partial charge >= 0.3 is 5.97 Å². The largest absolute Gasteiger partial charge is 0.481 e. The Hall–Kier alpha value is -2.18. The molecule has 0 aliphatic carbocycles. The van der Waals surface area contributed by atoms with Gasteiger partial charge in [0.25, 0.3) is 0 Å². The molecule has 120 valence electrons. The van der Waals surface area contributed by atoms with Crippen molar-refractivity contribution in [3.05, 3.63) is 18.1 Å². The van der Waals surface area contributed by atoms with Gasteiger partial charge in [-0.2, -0.15) is 0 Å². The minimum atomic E-state index is -1.10. The summed E-state index contributed by atoms with van der Waals surface area (Å²) in [5, 5.41) is 11.7. The summed E-state index contributed by atoms with van der Waals surface area (Å²) in [5.74, 6) is -1.71. The molecule has 22 heavy (non-hydrogen) atoms. The summed E-state index contributed by atoms with van der Waals surface area (Å²) < 4.78 is 0. The standard InChI is InChI=1S/C15H22N4O3/c1-3-11-7-13(17-9-16-11)19-6-4-5-12(8-19)18-14(20)10(2)15(21)22/h7,9-10,12H,3-6,8H2,1-2H3,(H,18,20)(H,21,22). The number of amides is 1. The molecule has 2 atom stereocenters. The summed E-state index contributed by atoms with van der Waals surface area (Å²) in [6.45, 7) is 4.95. The van der Waals surface area contributed by atoms with Crippen molar-refractivity contribution in [1.82, 2.24) is 15.3 Å². The Morgan fingerprint density at radius 2 is 2.27 bits per heavy atom. The highest BCUT2D eigenvalue weighted by atomic mass is 16.4. The smallest absolute Gasteiger partial charge is 0.315 e. The molecule has 1 fully saturated rings. The number of aryl methyl sites for hydroxylation is 1. The van der Waals surface area contributed by atoms with E-state index in [4.69, 9.17) is 5.11 Å². The van der Waals surface area contributed by atoms with Gasteiger partial charge in [-0.15, -0.1) is 0 Å². The number of hydrogen-bond donors (Lipinski definition) is 2. The van der Waals surface area contributed by atoms with Crippen molar-refractivity contribution in [1.29, 1.82) is 0 Å². The van der Waals surface area contributed by atoms with Crippen molar-refractivity contribution >= 4 is 17.7 Å². The van der Waals surface area contributed by atoms with Gasteiger partial charge in [0, 0.05) is 30.9 Å². The van der Waals surface area contributed by atoms with E-state index in [1.165, 1.54) is 6.92 Å². The molecular formula is C15H22N4O3. The molecule has 0 saturated carbocycles. The first kappa shape index (κ1) is 16.2. The fraction of sp³-hybridized carbons (Fsp3) is 0.600. The van der Waals surface area contributed by atoms with Crippen LogP contribution in [0.25, 0.3) is 0 Å². The highest BCUT2D eigenvalue weighted by molar-refractivity contribution is 5.96. The summed E-state index contributed by atoms with van der Waals surface area (Å²) >= 11 is 0.